The van der Waals surface area contributed by atoms with Crippen molar-refractivity contribution in [3.8, 4) is 0 Å². The highest BCUT2D eigenvalue weighted by Crippen LogP contribution is 2.37. The molecule has 204 valence electrons. The SMILES string of the molecule is CC.CC.CC.CC(C)N1CC2(CCNC2)C1.CN1CC2(CNC2)C1.CN1CCC2(CNC2)C1. The highest BCUT2D eigenvalue weighted by atomic mass is 15.2. The highest BCUT2D eigenvalue weighted by molar-refractivity contribution is 5.03. The van der Waals surface area contributed by atoms with E-state index in [4.69, 9.17) is 0 Å². The maximum Gasteiger partial charge on any atom is 0.0206 e. The fourth-order valence-corrected chi connectivity index (χ4v) is 5.97. The second-order valence-corrected chi connectivity index (χ2v) is 11.3. The molecule has 0 saturated carbocycles. The molecule has 6 aliphatic heterocycles. The van der Waals surface area contributed by atoms with E-state index < -0.39 is 0 Å². The molecule has 0 radical (unpaired) electrons. The van der Waals surface area contributed by atoms with Gasteiger partial charge in [-0.05, 0) is 53.9 Å². The minimum Gasteiger partial charge on any atom is -0.316 e. The van der Waals surface area contributed by atoms with E-state index in [1.807, 2.05) is 41.5 Å². The summed E-state index contributed by atoms with van der Waals surface area (Å²) in [5, 5.41) is 10.1. The molecule has 0 amide bonds. The Morgan fingerprint density at radius 3 is 1.26 bits per heavy atom. The Morgan fingerprint density at radius 1 is 0.559 bits per heavy atom. The molecule has 0 aromatic heterocycles. The lowest BCUT2D eigenvalue weighted by molar-refractivity contribution is -0.0218. The lowest BCUT2D eigenvalue weighted by atomic mass is 9.75. The number of rotatable bonds is 1. The Hall–Kier alpha value is -0.240. The summed E-state index contributed by atoms with van der Waals surface area (Å²) in [6.45, 7) is 32.0. The summed E-state index contributed by atoms with van der Waals surface area (Å²) in [6.07, 6.45) is 2.81. The zero-order valence-electron chi connectivity index (χ0n) is 24.8. The lowest BCUT2D eigenvalue weighted by Gasteiger charge is -2.55. The molecular formula is C28H62N6. The van der Waals surface area contributed by atoms with Crippen LogP contribution in [0.3, 0.4) is 0 Å². The van der Waals surface area contributed by atoms with Gasteiger partial charge in [-0.15, -0.1) is 0 Å². The second kappa shape index (κ2) is 15.1. The molecule has 0 bridgehead atoms. The van der Waals surface area contributed by atoms with Gasteiger partial charge in [0.15, 0.2) is 0 Å². The normalized spacial score (nSPS) is 26.9. The van der Waals surface area contributed by atoms with Crippen molar-refractivity contribution < 1.29 is 0 Å². The van der Waals surface area contributed by atoms with Gasteiger partial charge in [-0.3, -0.25) is 4.90 Å². The predicted octanol–water partition coefficient (Wildman–Crippen LogP) is 3.20. The van der Waals surface area contributed by atoms with E-state index in [2.05, 4.69) is 58.6 Å². The van der Waals surface area contributed by atoms with Gasteiger partial charge in [0, 0.05) is 87.7 Å². The van der Waals surface area contributed by atoms with Crippen molar-refractivity contribution in [2.24, 2.45) is 16.2 Å². The van der Waals surface area contributed by atoms with Crippen molar-refractivity contribution in [3.05, 3.63) is 0 Å². The molecule has 0 atom stereocenters. The fraction of sp³-hybridized carbons (Fsp3) is 1.00. The molecule has 3 spiro atoms. The van der Waals surface area contributed by atoms with E-state index in [1.54, 1.807) is 0 Å². The van der Waals surface area contributed by atoms with Gasteiger partial charge >= 0.3 is 0 Å². The first-order valence-corrected chi connectivity index (χ1v) is 14.6. The lowest BCUT2D eigenvalue weighted by Crippen LogP contribution is -2.69. The van der Waals surface area contributed by atoms with E-state index >= 15 is 0 Å². The molecular weight excluding hydrogens is 420 g/mol. The Labute approximate surface area is 214 Å². The topological polar surface area (TPSA) is 45.8 Å². The first-order chi connectivity index (χ1) is 16.3. The average molecular weight is 483 g/mol. The van der Waals surface area contributed by atoms with E-state index in [0.717, 1.165) is 11.5 Å². The van der Waals surface area contributed by atoms with Gasteiger partial charge in [0.2, 0.25) is 0 Å². The Balaban J connectivity index is 0.000000231. The van der Waals surface area contributed by atoms with Gasteiger partial charge in [0.05, 0.1) is 0 Å². The van der Waals surface area contributed by atoms with Crippen LogP contribution in [-0.4, -0.2) is 113 Å². The van der Waals surface area contributed by atoms with Crippen molar-refractivity contribution in [1.29, 1.82) is 0 Å². The van der Waals surface area contributed by atoms with E-state index in [-0.39, 0.29) is 0 Å². The van der Waals surface area contributed by atoms with Crippen LogP contribution in [0, 0.1) is 16.2 Å². The summed E-state index contributed by atoms with van der Waals surface area (Å²) >= 11 is 0. The summed E-state index contributed by atoms with van der Waals surface area (Å²) in [6, 6.07) is 0.751. The van der Waals surface area contributed by atoms with Crippen LogP contribution < -0.4 is 16.0 Å². The third kappa shape index (κ3) is 8.41. The molecule has 3 N–H and O–H groups in total. The van der Waals surface area contributed by atoms with Crippen molar-refractivity contribution in [2.75, 3.05) is 92.6 Å². The number of nitrogens with zero attached hydrogens (tertiary/aromatic N) is 3. The van der Waals surface area contributed by atoms with Crippen LogP contribution in [0.2, 0.25) is 0 Å². The Bertz CT molecular complexity index is 507. The molecule has 0 aromatic rings. The van der Waals surface area contributed by atoms with Crippen LogP contribution >= 0.6 is 0 Å². The second-order valence-electron chi connectivity index (χ2n) is 11.3. The predicted molar refractivity (Wildman–Crippen MR) is 151 cm³/mol. The molecule has 6 heterocycles. The molecule has 6 aliphatic rings. The monoisotopic (exact) mass is 483 g/mol. The zero-order chi connectivity index (χ0) is 25.8. The van der Waals surface area contributed by atoms with E-state index in [0.29, 0.717) is 10.8 Å². The zero-order valence-corrected chi connectivity index (χ0v) is 24.8. The van der Waals surface area contributed by atoms with Gasteiger partial charge in [-0.25, -0.2) is 0 Å². The van der Waals surface area contributed by atoms with Crippen LogP contribution in [0.25, 0.3) is 0 Å². The molecule has 0 aliphatic carbocycles. The standard InChI is InChI=1S/C9H18N2.C7H14N2.C6H12N2.3C2H6/c1-8(2)11-6-9(7-11)3-4-10-5-9;1-9-3-2-7(6-9)4-8-5-7;1-8-4-6(5-8)2-7-3-6;3*1-2/h8,10H,3-7H2,1-2H3;8H,2-6H2,1H3;7H,2-5H2,1H3;3*1-2H3. The van der Waals surface area contributed by atoms with Crippen molar-refractivity contribution in [2.45, 2.75) is 74.3 Å². The molecule has 0 aromatic carbocycles. The smallest absolute Gasteiger partial charge is 0.0206 e. The maximum atomic E-state index is 3.45. The van der Waals surface area contributed by atoms with Gasteiger partial charge in [0.25, 0.3) is 0 Å². The third-order valence-corrected chi connectivity index (χ3v) is 7.98. The molecule has 6 fully saturated rings. The number of hydrogen-bond donors (Lipinski definition) is 3. The van der Waals surface area contributed by atoms with Crippen molar-refractivity contribution in [3.63, 3.8) is 0 Å². The average Bonchev–Trinajstić information content (AvgIpc) is 3.41. The van der Waals surface area contributed by atoms with Crippen LogP contribution in [-0.2, 0) is 0 Å². The molecule has 6 rings (SSSR count). The van der Waals surface area contributed by atoms with Crippen LogP contribution in [0.1, 0.15) is 68.2 Å². The molecule has 34 heavy (non-hydrogen) atoms. The summed E-state index contributed by atoms with van der Waals surface area (Å²) < 4.78 is 0. The van der Waals surface area contributed by atoms with E-state index in [1.165, 1.54) is 91.4 Å². The Kier molecular flexibility index (Phi) is 14.1. The minimum atomic E-state index is 0.685. The van der Waals surface area contributed by atoms with Crippen LogP contribution in [0.4, 0.5) is 0 Å². The van der Waals surface area contributed by atoms with Gasteiger partial charge in [-0.1, -0.05) is 41.5 Å². The summed E-state index contributed by atoms with van der Waals surface area (Å²) in [5.41, 5.74) is 2.12. The summed E-state index contributed by atoms with van der Waals surface area (Å²) in [5.74, 6) is 0. The first kappa shape index (κ1) is 31.8. The molecule has 6 nitrogen and oxygen atoms in total. The Morgan fingerprint density at radius 2 is 1.03 bits per heavy atom. The first-order valence-electron chi connectivity index (χ1n) is 14.6. The number of nitrogens with one attached hydrogen (secondary N) is 3. The van der Waals surface area contributed by atoms with Crippen molar-refractivity contribution in [1.82, 2.24) is 30.7 Å². The third-order valence-electron chi connectivity index (χ3n) is 7.98. The molecule has 0 unspecified atom stereocenters. The maximum absolute atomic E-state index is 3.45. The van der Waals surface area contributed by atoms with Crippen molar-refractivity contribution >= 4 is 0 Å². The quantitative estimate of drug-likeness (QED) is 0.534. The van der Waals surface area contributed by atoms with Gasteiger partial charge < -0.3 is 25.8 Å². The largest absolute Gasteiger partial charge is 0.316 e. The van der Waals surface area contributed by atoms with Crippen LogP contribution in [0.5, 0.6) is 0 Å². The number of hydrogen-bond acceptors (Lipinski definition) is 6. The van der Waals surface area contributed by atoms with E-state index in [9.17, 15) is 0 Å². The van der Waals surface area contributed by atoms with Crippen LogP contribution in [0.15, 0.2) is 0 Å². The molecule has 6 saturated heterocycles. The van der Waals surface area contributed by atoms with Gasteiger partial charge in [0.1, 0.15) is 0 Å². The number of likely N-dealkylation sites (tertiary alicyclic amines) is 3. The highest BCUT2D eigenvalue weighted by Gasteiger charge is 2.46. The molecule has 6 heteroatoms. The van der Waals surface area contributed by atoms with Gasteiger partial charge in [-0.2, -0.15) is 0 Å². The summed E-state index contributed by atoms with van der Waals surface area (Å²) in [4.78, 5) is 7.37. The minimum absolute atomic E-state index is 0.685. The summed E-state index contributed by atoms with van der Waals surface area (Å²) in [7, 11) is 4.40. The fourth-order valence-electron chi connectivity index (χ4n) is 5.97.